The predicted octanol–water partition coefficient (Wildman–Crippen LogP) is -19.8. The second kappa shape index (κ2) is 42.3. The zero-order valence-electron chi connectivity index (χ0n) is 17.1. The molecule has 28 nitrogen and oxygen atoms in total. The summed E-state index contributed by atoms with van der Waals surface area (Å²) in [7, 11) is -37.7. The van der Waals surface area contributed by atoms with E-state index in [1.807, 2.05) is 0 Å². The van der Waals surface area contributed by atoms with Crippen molar-refractivity contribution in [2.24, 2.45) is 0 Å². The van der Waals surface area contributed by atoms with Crippen molar-refractivity contribution in [2.45, 2.75) is 0 Å². The van der Waals surface area contributed by atoms with Crippen LogP contribution in [0.3, 0.4) is 0 Å². The Labute approximate surface area is 394 Å². The summed E-state index contributed by atoms with van der Waals surface area (Å²) in [6.45, 7) is 0. The molecule has 0 heterocycles. The normalized spacial score (nSPS) is 10.1. The van der Waals surface area contributed by atoms with E-state index in [0.29, 0.717) is 0 Å². The second-order valence-corrected chi connectivity index (χ2v) is 9.39. The molecular formula is Gd3O28P7U3. The third kappa shape index (κ3) is 1620. The van der Waals surface area contributed by atoms with Gasteiger partial charge in [-0.1, -0.05) is 0 Å². The quantitative estimate of drug-likeness (QED) is 0.203. The molecule has 41 heavy (non-hydrogen) atoms. The van der Waals surface area contributed by atoms with E-state index >= 15 is 0 Å². The molecule has 0 aliphatic rings. The molecule has 0 spiro atoms. The number of hydrogen-bond acceptors (Lipinski definition) is 28. The van der Waals surface area contributed by atoms with Gasteiger partial charge in [0.25, 0.3) is 0 Å². The fraction of sp³-hybridized carbons (Fsp3) is 0. The first kappa shape index (κ1) is 87.1. The van der Waals surface area contributed by atoms with Crippen molar-refractivity contribution in [3.63, 3.8) is 0 Å². The van der Waals surface area contributed by atoms with Gasteiger partial charge in [-0.05, 0) is 0 Å². The Morgan fingerprint density at radius 1 is 0.195 bits per heavy atom. The van der Waals surface area contributed by atoms with Gasteiger partial charge in [0.2, 0.25) is 0 Å². The smallest absolute Gasteiger partial charge is 0.822 e. The minimum Gasteiger partial charge on any atom is -0.822 e. The van der Waals surface area contributed by atoms with Gasteiger partial charge >= 0.3 is 213 Å². The van der Waals surface area contributed by atoms with E-state index in [1.165, 1.54) is 0 Å². The summed E-state index contributed by atoms with van der Waals surface area (Å²) in [4.78, 5) is 180. The molecular weight excluding hydrogens is 1850 g/mol. The van der Waals surface area contributed by atoms with Crippen molar-refractivity contribution in [1.82, 2.24) is 0 Å². The van der Waals surface area contributed by atoms with Crippen LogP contribution >= 0.6 is 54.8 Å². The third-order valence-electron chi connectivity index (χ3n) is 0. The second-order valence-electron chi connectivity index (χ2n) is 3.13. The minimum atomic E-state index is -5.39. The van der Waals surface area contributed by atoms with Crippen LogP contribution in [0.25, 0.3) is 0 Å². The van der Waals surface area contributed by atoms with E-state index in [4.69, 9.17) is 135 Å². The molecule has 0 fully saturated rings. The van der Waals surface area contributed by atoms with Crippen molar-refractivity contribution >= 4 is 54.8 Å². The van der Waals surface area contributed by atoms with Crippen LogP contribution in [0.1, 0.15) is 0 Å². The summed E-state index contributed by atoms with van der Waals surface area (Å²) in [5.41, 5.74) is 0. The van der Waals surface area contributed by atoms with Crippen LogP contribution in [-0.2, 0) is 32.0 Å². The summed E-state index contributed by atoms with van der Waals surface area (Å²) in [6, 6.07) is 0. The maximum absolute atomic E-state index is 8.55. The van der Waals surface area contributed by atoms with Crippen molar-refractivity contribution in [3.05, 3.63) is 0 Å². The fourth-order valence-electron chi connectivity index (χ4n) is 0. The summed E-state index contributed by atoms with van der Waals surface area (Å²) in [5, 5.41) is 0. The zero-order chi connectivity index (χ0) is 31.5. The van der Waals surface area contributed by atoms with Crippen LogP contribution in [0, 0.1) is 213 Å². The predicted molar refractivity (Wildman–Crippen MR) is 53.2 cm³/mol. The van der Waals surface area contributed by atoms with E-state index in [9.17, 15) is 0 Å². The fourth-order valence-corrected chi connectivity index (χ4v) is 0. The number of hydrogen-bond donors (Lipinski definition) is 0. The number of rotatable bonds is 0. The van der Waals surface area contributed by atoms with Gasteiger partial charge in [-0.15, -0.1) is 0 Å². The van der Waals surface area contributed by atoms with Crippen LogP contribution in [0.5, 0.6) is 0 Å². The Hall–Kier alpha value is 7.90. The SMILES string of the molecule is O=P([O-])([O-])[O-].O=P([O-])([O-])[O-].O=P([O-])([O-])[O-].O=P([O-])([O-])[O-].O=P([O-])([O-])[O-].O=P([O-])([O-])[O-].O=P([O-])([O-])[O-].[Gd+3].[Gd+3].[Gd+3].[U+4].[U+4].[U+4]. The summed E-state index contributed by atoms with van der Waals surface area (Å²) >= 11 is 0. The van der Waals surface area contributed by atoms with Crippen LogP contribution in [0.4, 0.5) is 0 Å². The molecule has 0 bridgehead atoms. The van der Waals surface area contributed by atoms with Crippen molar-refractivity contribution in [3.8, 4) is 0 Å². The van der Waals surface area contributed by atoms with Gasteiger partial charge in [-0.25, -0.2) is 0 Å². The zero-order valence-corrected chi connectivity index (χ0v) is 42.7. The molecule has 0 atom stereocenters. The van der Waals surface area contributed by atoms with Gasteiger partial charge in [0.05, 0.1) is 0 Å². The van der Waals surface area contributed by atoms with Crippen LogP contribution < -0.4 is 103 Å². The Morgan fingerprint density at radius 3 is 0.195 bits per heavy atom. The van der Waals surface area contributed by atoms with Gasteiger partial charge in [0.1, 0.15) is 0 Å². The van der Waals surface area contributed by atoms with Crippen LogP contribution in [0.2, 0.25) is 0 Å². The Kier molecular flexibility index (Phi) is 89.8. The van der Waals surface area contributed by atoms with Gasteiger partial charge < -0.3 is 135 Å². The Balaban J connectivity index is -0.0000000198. The minimum absolute atomic E-state index is 0. The molecule has 239 valence electrons. The third-order valence-corrected chi connectivity index (χ3v) is 0. The molecule has 0 N–H and O–H groups in total. The first-order chi connectivity index (χ1) is 14.0. The molecule has 0 aliphatic carbocycles. The van der Waals surface area contributed by atoms with Crippen LogP contribution in [0.15, 0.2) is 0 Å². The molecule has 0 aromatic carbocycles. The average molecular weight is 1850 g/mol. The van der Waals surface area contributed by atoms with E-state index < -0.39 is 54.8 Å². The molecule has 0 aliphatic heterocycles. The van der Waals surface area contributed by atoms with Crippen molar-refractivity contribution in [1.29, 1.82) is 0 Å². The topological polar surface area (TPSA) is 604 Å². The van der Waals surface area contributed by atoms with Gasteiger partial charge in [-0.3, -0.25) is 0 Å². The maximum atomic E-state index is 8.55. The summed E-state index contributed by atoms with van der Waals surface area (Å²) < 4.78 is 59.8. The van der Waals surface area contributed by atoms with E-state index in [-0.39, 0.29) is 213 Å². The number of phosphoric acid groups is 7. The molecule has 0 unspecified atom stereocenters. The average Bonchev–Trinajstić information content (AvgIpc) is 2.06. The van der Waals surface area contributed by atoms with Crippen molar-refractivity contribution in [2.75, 3.05) is 0 Å². The van der Waals surface area contributed by atoms with Gasteiger partial charge in [0, 0.05) is 0 Å². The van der Waals surface area contributed by atoms with E-state index in [2.05, 4.69) is 0 Å². The van der Waals surface area contributed by atoms with E-state index in [0.717, 1.165) is 0 Å². The molecule has 0 saturated heterocycles. The van der Waals surface area contributed by atoms with Gasteiger partial charge in [0.15, 0.2) is 0 Å². The molecule has 0 saturated carbocycles. The molecule has 0 aromatic rings. The summed E-state index contributed by atoms with van der Waals surface area (Å²) in [6.07, 6.45) is 0. The van der Waals surface area contributed by atoms with Crippen molar-refractivity contribution < 1.29 is 348 Å². The Bertz CT molecular complexity index is 576. The molecule has 0 rings (SSSR count). The largest absolute Gasteiger partial charge is 4.00 e. The Morgan fingerprint density at radius 2 is 0.195 bits per heavy atom. The molecule has 0 amide bonds. The first-order valence-corrected chi connectivity index (χ1v) is 15.3. The maximum Gasteiger partial charge on any atom is 4.00 e. The van der Waals surface area contributed by atoms with Gasteiger partial charge in [-0.2, -0.15) is 54.8 Å². The van der Waals surface area contributed by atoms with Crippen LogP contribution in [-0.4, -0.2) is 0 Å². The van der Waals surface area contributed by atoms with E-state index in [1.54, 1.807) is 0 Å². The molecule has 41 heteroatoms. The summed E-state index contributed by atoms with van der Waals surface area (Å²) in [5.74, 6) is 0. The standard InChI is InChI=1S/3Gd.7H3O4P.3U/c;;;7*1-5(2,3)4;;;/h;;;7*(H3,1,2,3,4);;;/q3*+3;;;;;;;;3*+4/p-21. The first-order valence-electron chi connectivity index (χ1n) is 5.11. The molecule has 0 aromatic heterocycles. The molecule has 3 radical (unpaired) electrons. The monoisotopic (exact) mass is 1850 g/mol.